The molecule has 0 fully saturated rings. The molecule has 94 valence electrons. The molecule has 0 radical (unpaired) electrons. The number of rotatable bonds is 3. The lowest BCUT2D eigenvalue weighted by molar-refractivity contribution is 0.902. The predicted molar refractivity (Wildman–Crippen MR) is 73.6 cm³/mol. The van der Waals surface area contributed by atoms with Crippen LogP contribution in [0.5, 0.6) is 0 Å². The van der Waals surface area contributed by atoms with Crippen molar-refractivity contribution in [1.82, 2.24) is 4.57 Å². The highest BCUT2D eigenvalue weighted by molar-refractivity contribution is 6.32. The first-order valence-corrected chi connectivity index (χ1v) is 6.00. The van der Waals surface area contributed by atoms with Crippen molar-refractivity contribution >= 4 is 17.3 Å². The highest BCUT2D eigenvalue weighted by atomic mass is 35.5. The molecule has 0 atom stereocenters. The van der Waals surface area contributed by atoms with Crippen LogP contribution in [-0.4, -0.2) is 4.57 Å². The Morgan fingerprint density at radius 1 is 1.26 bits per heavy atom. The number of aromatic nitrogens is 1. The molecule has 0 saturated carbocycles. The summed E-state index contributed by atoms with van der Waals surface area (Å²) in [5.74, 6) is 0. The molecule has 0 aliphatic heterocycles. The van der Waals surface area contributed by atoms with Crippen LogP contribution in [0.1, 0.15) is 16.8 Å². The molecule has 0 aliphatic rings. The lowest BCUT2D eigenvalue weighted by Gasteiger charge is -2.05. The fraction of sp³-hybridized carbons (Fsp3) is 0.143. The van der Waals surface area contributed by atoms with Gasteiger partial charge in [0.15, 0.2) is 0 Å². The summed E-state index contributed by atoms with van der Waals surface area (Å²) in [4.78, 5) is 0. The third-order valence-electron chi connectivity index (χ3n) is 2.76. The number of nitrogens with one attached hydrogen (secondary N) is 1. The van der Waals surface area contributed by atoms with Crippen LogP contribution in [0.3, 0.4) is 0 Å². The number of anilines is 1. The van der Waals surface area contributed by atoms with Gasteiger partial charge in [0.2, 0.25) is 0 Å². The minimum absolute atomic E-state index is 0.429. The molecule has 19 heavy (non-hydrogen) atoms. The maximum atomic E-state index is 8.87. The topological polar surface area (TPSA) is 64.5 Å². The molecule has 0 bridgehead atoms. The highest BCUT2D eigenvalue weighted by Crippen LogP contribution is 2.20. The molecule has 0 aliphatic carbocycles. The second kappa shape index (κ2) is 5.48. The van der Waals surface area contributed by atoms with Crippen molar-refractivity contribution in [3.8, 4) is 12.1 Å². The molecular formula is C14H11ClN4. The van der Waals surface area contributed by atoms with Crippen LogP contribution in [-0.2, 0) is 13.6 Å². The largest absolute Gasteiger partial charge is 0.381 e. The molecular weight excluding hydrogens is 260 g/mol. The summed E-state index contributed by atoms with van der Waals surface area (Å²) in [6.07, 6.45) is 1.90. The van der Waals surface area contributed by atoms with Gasteiger partial charge in [-0.2, -0.15) is 10.5 Å². The highest BCUT2D eigenvalue weighted by Gasteiger charge is 2.04. The lowest BCUT2D eigenvalue weighted by Crippen LogP contribution is -1.98. The van der Waals surface area contributed by atoms with Gasteiger partial charge < -0.3 is 9.88 Å². The van der Waals surface area contributed by atoms with E-state index in [2.05, 4.69) is 11.4 Å². The van der Waals surface area contributed by atoms with E-state index in [-0.39, 0.29) is 0 Å². The van der Waals surface area contributed by atoms with Crippen molar-refractivity contribution in [3.63, 3.8) is 0 Å². The minimum atomic E-state index is 0.429. The summed E-state index contributed by atoms with van der Waals surface area (Å²) in [5.41, 5.74) is 2.93. The van der Waals surface area contributed by atoms with E-state index in [1.54, 1.807) is 22.8 Å². The molecule has 1 aromatic heterocycles. The Kier molecular flexibility index (Phi) is 3.75. The van der Waals surface area contributed by atoms with Crippen LogP contribution in [0.2, 0.25) is 5.02 Å². The minimum Gasteiger partial charge on any atom is -0.381 e. The fourth-order valence-corrected chi connectivity index (χ4v) is 1.98. The van der Waals surface area contributed by atoms with E-state index in [4.69, 9.17) is 22.1 Å². The zero-order valence-electron chi connectivity index (χ0n) is 10.3. The molecule has 1 heterocycles. The first-order chi connectivity index (χ1) is 9.13. The first kappa shape index (κ1) is 13.0. The van der Waals surface area contributed by atoms with Crippen molar-refractivity contribution < 1.29 is 0 Å². The van der Waals surface area contributed by atoms with Crippen LogP contribution < -0.4 is 5.32 Å². The van der Waals surface area contributed by atoms with E-state index in [9.17, 15) is 0 Å². The van der Waals surface area contributed by atoms with Gasteiger partial charge >= 0.3 is 0 Å². The van der Waals surface area contributed by atoms with Crippen molar-refractivity contribution in [2.24, 2.45) is 7.05 Å². The van der Waals surface area contributed by atoms with E-state index in [0.717, 1.165) is 11.3 Å². The normalized spacial score (nSPS) is 9.68. The average Bonchev–Trinajstić information content (AvgIpc) is 2.77. The molecule has 0 unspecified atom stereocenters. The van der Waals surface area contributed by atoms with E-state index >= 15 is 0 Å². The van der Waals surface area contributed by atoms with Gasteiger partial charge in [0.25, 0.3) is 0 Å². The molecule has 0 spiro atoms. The van der Waals surface area contributed by atoms with E-state index in [0.29, 0.717) is 22.8 Å². The smallest absolute Gasteiger partial charge is 0.120 e. The Morgan fingerprint density at radius 3 is 2.63 bits per heavy atom. The SMILES string of the molecule is Cn1cc(CNc2ccc(C#N)c(Cl)c2)cc1C#N. The molecule has 1 aromatic carbocycles. The van der Waals surface area contributed by atoms with Gasteiger partial charge in [-0.25, -0.2) is 0 Å². The zero-order valence-corrected chi connectivity index (χ0v) is 11.1. The Bertz CT molecular complexity index is 688. The summed E-state index contributed by atoms with van der Waals surface area (Å²) in [6, 6.07) is 11.2. The van der Waals surface area contributed by atoms with Crippen molar-refractivity contribution in [2.45, 2.75) is 6.54 Å². The quantitative estimate of drug-likeness (QED) is 0.932. The van der Waals surface area contributed by atoms with Crippen molar-refractivity contribution in [3.05, 3.63) is 52.3 Å². The van der Waals surface area contributed by atoms with Gasteiger partial charge in [0.1, 0.15) is 17.8 Å². The molecule has 1 N–H and O–H groups in total. The maximum Gasteiger partial charge on any atom is 0.120 e. The van der Waals surface area contributed by atoms with Gasteiger partial charge in [-0.05, 0) is 29.8 Å². The standard InChI is InChI=1S/C14H11ClN4/c1-19-9-10(4-13(19)7-17)8-18-12-3-2-11(6-16)14(15)5-12/h2-5,9,18H,8H2,1H3. The summed E-state index contributed by atoms with van der Waals surface area (Å²) >= 11 is 5.95. The summed E-state index contributed by atoms with van der Waals surface area (Å²) in [5, 5.41) is 21.3. The van der Waals surface area contributed by atoms with Crippen LogP contribution in [0.4, 0.5) is 5.69 Å². The predicted octanol–water partition coefficient (Wildman–Crippen LogP) is 3.03. The molecule has 4 nitrogen and oxygen atoms in total. The Morgan fingerprint density at radius 2 is 2.05 bits per heavy atom. The Balaban J connectivity index is 2.08. The third-order valence-corrected chi connectivity index (χ3v) is 3.08. The van der Waals surface area contributed by atoms with E-state index < -0.39 is 0 Å². The van der Waals surface area contributed by atoms with Crippen LogP contribution in [0.25, 0.3) is 0 Å². The van der Waals surface area contributed by atoms with Crippen LogP contribution >= 0.6 is 11.6 Å². The molecule has 0 amide bonds. The summed E-state index contributed by atoms with van der Waals surface area (Å²) in [6.45, 7) is 0.595. The number of halogens is 1. The van der Waals surface area contributed by atoms with Crippen LogP contribution in [0, 0.1) is 22.7 Å². The van der Waals surface area contributed by atoms with Gasteiger partial charge in [-0.15, -0.1) is 0 Å². The van der Waals surface area contributed by atoms with Gasteiger partial charge in [0.05, 0.1) is 10.6 Å². The number of nitrogens with zero attached hydrogens (tertiary/aromatic N) is 3. The number of nitriles is 2. The van der Waals surface area contributed by atoms with Crippen molar-refractivity contribution in [1.29, 1.82) is 10.5 Å². The molecule has 2 aromatic rings. The lowest BCUT2D eigenvalue weighted by atomic mass is 10.2. The second-order valence-electron chi connectivity index (χ2n) is 4.12. The Labute approximate surface area is 116 Å². The number of hydrogen-bond donors (Lipinski definition) is 1. The first-order valence-electron chi connectivity index (χ1n) is 5.63. The monoisotopic (exact) mass is 270 g/mol. The van der Waals surface area contributed by atoms with Gasteiger partial charge in [0, 0.05) is 25.5 Å². The van der Waals surface area contributed by atoms with E-state index in [1.165, 1.54) is 0 Å². The van der Waals surface area contributed by atoms with Crippen LogP contribution in [0.15, 0.2) is 30.5 Å². The zero-order chi connectivity index (χ0) is 13.8. The van der Waals surface area contributed by atoms with Crippen molar-refractivity contribution in [2.75, 3.05) is 5.32 Å². The fourth-order valence-electron chi connectivity index (χ4n) is 1.76. The number of hydrogen-bond acceptors (Lipinski definition) is 3. The number of aryl methyl sites for hydroxylation is 1. The van der Waals surface area contributed by atoms with E-state index in [1.807, 2.05) is 25.4 Å². The molecule has 0 saturated heterocycles. The van der Waals surface area contributed by atoms with Gasteiger partial charge in [-0.3, -0.25) is 0 Å². The molecule has 5 heteroatoms. The second-order valence-corrected chi connectivity index (χ2v) is 4.52. The molecule has 2 rings (SSSR count). The maximum absolute atomic E-state index is 8.87. The van der Waals surface area contributed by atoms with Gasteiger partial charge in [-0.1, -0.05) is 11.6 Å². The Hall–Kier alpha value is -2.43. The number of benzene rings is 1. The third kappa shape index (κ3) is 2.88. The summed E-state index contributed by atoms with van der Waals surface area (Å²) in [7, 11) is 1.83. The summed E-state index contributed by atoms with van der Waals surface area (Å²) < 4.78 is 1.78. The average molecular weight is 271 g/mol.